The van der Waals surface area contributed by atoms with Crippen LogP contribution in [0.4, 0.5) is 5.82 Å². The highest BCUT2D eigenvalue weighted by Crippen LogP contribution is 2.12. The highest BCUT2D eigenvalue weighted by molar-refractivity contribution is 5.52. The zero-order valence-corrected chi connectivity index (χ0v) is 9.69. The van der Waals surface area contributed by atoms with Crippen molar-refractivity contribution in [2.45, 2.75) is 20.3 Å². The fourth-order valence-corrected chi connectivity index (χ4v) is 1.57. The average molecular weight is 231 g/mol. The summed E-state index contributed by atoms with van der Waals surface area (Å²) in [7, 11) is 0. The molecule has 88 valence electrons. The molecule has 0 spiro atoms. The largest absolute Gasteiger partial charge is 0.383 e. The maximum Gasteiger partial charge on any atom is 0.256 e. The van der Waals surface area contributed by atoms with Gasteiger partial charge < -0.3 is 10.7 Å². The predicted octanol–water partition coefficient (Wildman–Crippen LogP) is 0.680. The van der Waals surface area contributed by atoms with Gasteiger partial charge in [-0.2, -0.15) is 0 Å². The van der Waals surface area contributed by atoms with E-state index >= 15 is 0 Å². The Morgan fingerprint density at radius 2 is 2.18 bits per heavy atom. The van der Waals surface area contributed by atoms with Crippen molar-refractivity contribution in [2.24, 2.45) is 0 Å². The Hall–Kier alpha value is -2.24. The van der Waals surface area contributed by atoms with Crippen molar-refractivity contribution < 1.29 is 0 Å². The average Bonchev–Trinajstić information content (AvgIpc) is 2.28. The van der Waals surface area contributed by atoms with Gasteiger partial charge in [0.2, 0.25) is 0 Å². The first-order chi connectivity index (χ1) is 8.11. The van der Waals surface area contributed by atoms with Crippen LogP contribution >= 0.6 is 0 Å². The lowest BCUT2D eigenvalue weighted by Crippen LogP contribution is -2.18. The van der Waals surface area contributed by atoms with Gasteiger partial charge in [0.15, 0.2) is 5.82 Å². The Kier molecular flexibility index (Phi) is 2.86. The Morgan fingerprint density at radius 1 is 1.41 bits per heavy atom. The van der Waals surface area contributed by atoms with Crippen molar-refractivity contribution in [2.75, 3.05) is 5.73 Å². The molecule has 6 heteroatoms. The molecule has 0 aromatic carbocycles. The van der Waals surface area contributed by atoms with Crippen molar-refractivity contribution in [3.8, 4) is 11.5 Å². The van der Waals surface area contributed by atoms with E-state index in [-0.39, 0.29) is 11.4 Å². The molecule has 2 heterocycles. The molecule has 0 atom stereocenters. The van der Waals surface area contributed by atoms with Crippen LogP contribution in [0.5, 0.6) is 0 Å². The number of nitrogens with zero attached hydrogens (tertiary/aromatic N) is 3. The van der Waals surface area contributed by atoms with Crippen molar-refractivity contribution in [3.63, 3.8) is 0 Å². The van der Waals surface area contributed by atoms with Crippen molar-refractivity contribution in [3.05, 3.63) is 34.0 Å². The van der Waals surface area contributed by atoms with Crippen LogP contribution in [0, 0.1) is 6.92 Å². The summed E-state index contributed by atoms with van der Waals surface area (Å²) in [6, 6.07) is 1.68. The molecular formula is C11H13N5O. The minimum Gasteiger partial charge on any atom is -0.383 e. The van der Waals surface area contributed by atoms with Crippen LogP contribution in [0.3, 0.4) is 0 Å². The van der Waals surface area contributed by atoms with Gasteiger partial charge in [0.1, 0.15) is 17.3 Å². The van der Waals surface area contributed by atoms with Gasteiger partial charge >= 0.3 is 0 Å². The van der Waals surface area contributed by atoms with E-state index in [2.05, 4.69) is 19.9 Å². The summed E-state index contributed by atoms with van der Waals surface area (Å²) in [6.45, 7) is 3.63. The van der Waals surface area contributed by atoms with Gasteiger partial charge in [-0.1, -0.05) is 6.92 Å². The van der Waals surface area contributed by atoms with Gasteiger partial charge in [-0.15, -0.1) is 0 Å². The number of nitrogens with one attached hydrogen (secondary N) is 1. The molecule has 0 aliphatic rings. The van der Waals surface area contributed by atoms with E-state index < -0.39 is 0 Å². The number of H-pyrrole nitrogens is 1. The third-order valence-electron chi connectivity index (χ3n) is 2.42. The third-order valence-corrected chi connectivity index (χ3v) is 2.42. The van der Waals surface area contributed by atoms with Crippen LogP contribution in [0.1, 0.15) is 18.3 Å². The van der Waals surface area contributed by atoms with Crippen LogP contribution in [0.2, 0.25) is 0 Å². The van der Waals surface area contributed by atoms with Gasteiger partial charge in [-0.3, -0.25) is 4.79 Å². The summed E-state index contributed by atoms with van der Waals surface area (Å²) in [5, 5.41) is 0. The SMILES string of the molecule is CCc1c(N)nc(-c2ccnc(C)n2)[nH]c1=O. The number of anilines is 1. The van der Waals surface area contributed by atoms with E-state index in [0.717, 1.165) is 0 Å². The van der Waals surface area contributed by atoms with Crippen LogP contribution in [-0.2, 0) is 6.42 Å². The molecule has 2 aromatic heterocycles. The molecule has 0 bridgehead atoms. The fourth-order valence-electron chi connectivity index (χ4n) is 1.57. The first kappa shape index (κ1) is 11.3. The molecule has 0 aliphatic carbocycles. The topological polar surface area (TPSA) is 97.5 Å². The van der Waals surface area contributed by atoms with E-state index in [1.54, 1.807) is 19.2 Å². The van der Waals surface area contributed by atoms with Crippen LogP contribution in [0.25, 0.3) is 11.5 Å². The molecule has 2 aromatic rings. The molecule has 0 fully saturated rings. The summed E-state index contributed by atoms with van der Waals surface area (Å²) >= 11 is 0. The molecular weight excluding hydrogens is 218 g/mol. The fraction of sp³-hybridized carbons (Fsp3) is 0.273. The lowest BCUT2D eigenvalue weighted by molar-refractivity contribution is 0.992. The summed E-state index contributed by atoms with van der Waals surface area (Å²) in [4.78, 5) is 26.7. The maximum absolute atomic E-state index is 11.7. The second-order valence-electron chi connectivity index (χ2n) is 3.62. The number of nitrogens with two attached hydrogens (primary N) is 1. The Balaban J connectivity index is 2.58. The van der Waals surface area contributed by atoms with E-state index in [4.69, 9.17) is 5.73 Å². The highest BCUT2D eigenvalue weighted by atomic mass is 16.1. The van der Waals surface area contributed by atoms with E-state index in [1.807, 2.05) is 6.92 Å². The molecule has 3 N–H and O–H groups in total. The molecule has 6 nitrogen and oxygen atoms in total. The summed E-state index contributed by atoms with van der Waals surface area (Å²) < 4.78 is 0. The lowest BCUT2D eigenvalue weighted by Gasteiger charge is -2.04. The molecule has 0 saturated heterocycles. The summed E-state index contributed by atoms with van der Waals surface area (Å²) in [6.07, 6.45) is 2.17. The number of hydrogen-bond acceptors (Lipinski definition) is 5. The molecule has 0 aliphatic heterocycles. The van der Waals surface area contributed by atoms with Gasteiger partial charge in [-0.25, -0.2) is 15.0 Å². The Morgan fingerprint density at radius 3 is 2.76 bits per heavy atom. The van der Waals surface area contributed by atoms with Crippen LogP contribution < -0.4 is 11.3 Å². The minimum atomic E-state index is -0.216. The molecule has 17 heavy (non-hydrogen) atoms. The quantitative estimate of drug-likeness (QED) is 0.792. The van der Waals surface area contributed by atoms with Crippen molar-refractivity contribution in [1.82, 2.24) is 19.9 Å². The highest BCUT2D eigenvalue weighted by Gasteiger charge is 2.09. The Bertz CT molecular complexity index is 605. The monoisotopic (exact) mass is 231 g/mol. The minimum absolute atomic E-state index is 0.216. The number of aromatic amines is 1. The van der Waals surface area contributed by atoms with Crippen molar-refractivity contribution in [1.29, 1.82) is 0 Å². The lowest BCUT2D eigenvalue weighted by atomic mass is 10.2. The second kappa shape index (κ2) is 4.32. The van der Waals surface area contributed by atoms with Crippen LogP contribution in [-0.4, -0.2) is 19.9 Å². The molecule has 0 unspecified atom stereocenters. The second-order valence-corrected chi connectivity index (χ2v) is 3.62. The maximum atomic E-state index is 11.7. The summed E-state index contributed by atoms with van der Waals surface area (Å²) in [5.41, 5.74) is 6.58. The van der Waals surface area contributed by atoms with Gasteiger partial charge in [0.05, 0.1) is 5.56 Å². The van der Waals surface area contributed by atoms with Crippen LogP contribution in [0.15, 0.2) is 17.1 Å². The molecule has 0 saturated carbocycles. The molecule has 0 radical (unpaired) electrons. The normalized spacial score (nSPS) is 10.5. The zero-order valence-electron chi connectivity index (χ0n) is 9.69. The zero-order chi connectivity index (χ0) is 12.4. The molecule has 0 amide bonds. The van der Waals surface area contributed by atoms with E-state index in [9.17, 15) is 4.79 Å². The van der Waals surface area contributed by atoms with E-state index in [0.29, 0.717) is 29.3 Å². The summed E-state index contributed by atoms with van der Waals surface area (Å²) in [5.74, 6) is 1.24. The van der Waals surface area contributed by atoms with Crippen molar-refractivity contribution >= 4 is 5.82 Å². The number of aryl methyl sites for hydroxylation is 1. The smallest absolute Gasteiger partial charge is 0.256 e. The Labute approximate surface area is 98.0 Å². The predicted molar refractivity (Wildman–Crippen MR) is 64.4 cm³/mol. The standard InChI is InChI=1S/C11H13N5O/c1-3-7-9(12)15-10(16-11(7)17)8-4-5-13-6(2)14-8/h4-5H,3H2,1-2H3,(H3,12,15,16,17). The van der Waals surface area contributed by atoms with E-state index in [1.165, 1.54) is 0 Å². The molecule has 2 rings (SSSR count). The third kappa shape index (κ3) is 2.15. The number of rotatable bonds is 2. The van der Waals surface area contributed by atoms with Gasteiger partial charge in [0.25, 0.3) is 5.56 Å². The number of aromatic nitrogens is 4. The first-order valence-electron chi connectivity index (χ1n) is 5.30. The van der Waals surface area contributed by atoms with Gasteiger partial charge in [0, 0.05) is 6.20 Å². The first-order valence-corrected chi connectivity index (χ1v) is 5.30. The number of hydrogen-bond donors (Lipinski definition) is 2. The van der Waals surface area contributed by atoms with Gasteiger partial charge in [-0.05, 0) is 19.4 Å². The number of nitrogen functional groups attached to an aromatic ring is 1.